The Hall–Kier alpha value is -2.49. The van der Waals surface area contributed by atoms with Gasteiger partial charge in [0, 0.05) is 5.56 Å². The minimum absolute atomic E-state index is 0.296. The van der Waals surface area contributed by atoms with E-state index in [2.05, 4.69) is 16.3 Å². The molecule has 0 unspecified atom stereocenters. The number of piperazine rings is 1. The predicted molar refractivity (Wildman–Crippen MR) is 99.8 cm³/mol. The van der Waals surface area contributed by atoms with Crippen molar-refractivity contribution in [1.29, 1.82) is 5.26 Å². The van der Waals surface area contributed by atoms with Gasteiger partial charge in [0.05, 0.1) is 43.5 Å². The van der Waals surface area contributed by atoms with Gasteiger partial charge in [0.2, 0.25) is 0 Å². The number of nitriles is 1. The number of nitrogens with one attached hydrogen (secondary N) is 2. The Kier molecular flexibility index (Phi) is 5.59. The fourth-order valence-electron chi connectivity index (χ4n) is 2.95. The van der Waals surface area contributed by atoms with Crippen molar-refractivity contribution in [1.82, 2.24) is 4.90 Å². The summed E-state index contributed by atoms with van der Waals surface area (Å²) in [7, 11) is 0. The number of thiocarbonyl (C=S) groups is 1. The van der Waals surface area contributed by atoms with Crippen LogP contribution in [-0.2, 0) is 6.54 Å². The minimum atomic E-state index is -0.296. The zero-order chi connectivity index (χ0) is 17.6. The molecule has 1 heterocycles. The fourth-order valence-corrected chi connectivity index (χ4v) is 3.24. The van der Waals surface area contributed by atoms with Gasteiger partial charge in [0.15, 0.2) is 5.11 Å². The quantitative estimate of drug-likeness (QED) is 0.824. The lowest BCUT2D eigenvalue weighted by atomic mass is 10.1. The Bertz CT molecular complexity index is 777. The van der Waals surface area contributed by atoms with Crippen LogP contribution in [0.1, 0.15) is 11.1 Å². The molecule has 0 aliphatic carbocycles. The first-order valence-electron chi connectivity index (χ1n) is 8.29. The fraction of sp³-hybridized carbons (Fsp3) is 0.263. The lowest BCUT2D eigenvalue weighted by Gasteiger charge is -2.34. The highest BCUT2D eigenvalue weighted by Gasteiger charge is 2.22. The Balaban J connectivity index is 1.50. The second-order valence-electron chi connectivity index (χ2n) is 6.13. The van der Waals surface area contributed by atoms with E-state index in [4.69, 9.17) is 17.5 Å². The van der Waals surface area contributed by atoms with E-state index in [1.54, 1.807) is 18.2 Å². The normalized spacial score (nSPS) is 14.8. The van der Waals surface area contributed by atoms with E-state index in [1.165, 1.54) is 16.5 Å². The van der Waals surface area contributed by atoms with E-state index < -0.39 is 0 Å². The van der Waals surface area contributed by atoms with Crippen LogP contribution in [0.25, 0.3) is 0 Å². The predicted octanol–water partition coefficient (Wildman–Crippen LogP) is 1.79. The third-order valence-electron chi connectivity index (χ3n) is 4.41. The molecule has 1 aliphatic heterocycles. The number of hydrogen-bond donors (Lipinski definition) is 2. The third kappa shape index (κ3) is 4.53. The molecule has 0 spiro atoms. The van der Waals surface area contributed by atoms with Crippen LogP contribution in [0, 0.1) is 17.1 Å². The molecule has 1 fully saturated rings. The van der Waals surface area contributed by atoms with Crippen LogP contribution in [0.15, 0.2) is 48.5 Å². The van der Waals surface area contributed by atoms with E-state index in [-0.39, 0.29) is 5.82 Å². The standard InChI is InChI=1S/C19H19FN4S/c20-17-3-1-2-4-18(17)22-19(25)24-11-9-23(10-12-24)14-16-7-5-15(13-21)6-8-16/h1-8H,9-12,14H2,(H,22,25)/p+1. The summed E-state index contributed by atoms with van der Waals surface area (Å²) < 4.78 is 13.7. The van der Waals surface area contributed by atoms with Crippen LogP contribution >= 0.6 is 12.2 Å². The maximum absolute atomic E-state index is 13.7. The Labute approximate surface area is 152 Å². The van der Waals surface area contributed by atoms with Crippen molar-refractivity contribution in [2.24, 2.45) is 0 Å². The molecule has 1 saturated heterocycles. The highest BCUT2D eigenvalue weighted by molar-refractivity contribution is 7.80. The molecule has 2 N–H and O–H groups in total. The smallest absolute Gasteiger partial charge is 0.173 e. The summed E-state index contributed by atoms with van der Waals surface area (Å²) in [5.41, 5.74) is 2.34. The minimum Gasteiger partial charge on any atom is -0.338 e. The van der Waals surface area contributed by atoms with Crippen LogP contribution in [0.2, 0.25) is 0 Å². The molecule has 0 radical (unpaired) electrons. The van der Waals surface area contributed by atoms with Crippen LogP contribution in [0.4, 0.5) is 10.1 Å². The van der Waals surface area contributed by atoms with E-state index in [0.717, 1.165) is 32.7 Å². The SMILES string of the molecule is N#Cc1ccc(C[NH+]2CCN(C(=S)Nc3ccccc3F)CC2)cc1. The first kappa shape index (κ1) is 17.3. The van der Waals surface area contributed by atoms with Crippen molar-refractivity contribution in [2.45, 2.75) is 6.54 Å². The maximum Gasteiger partial charge on any atom is 0.173 e. The summed E-state index contributed by atoms with van der Waals surface area (Å²) in [5, 5.41) is 12.4. The van der Waals surface area contributed by atoms with E-state index in [9.17, 15) is 4.39 Å². The highest BCUT2D eigenvalue weighted by atomic mass is 32.1. The Morgan fingerprint density at radius 1 is 1.16 bits per heavy atom. The van der Waals surface area contributed by atoms with E-state index >= 15 is 0 Å². The second kappa shape index (κ2) is 8.06. The Morgan fingerprint density at radius 2 is 1.84 bits per heavy atom. The Morgan fingerprint density at radius 3 is 2.48 bits per heavy atom. The van der Waals surface area contributed by atoms with Crippen molar-refractivity contribution in [3.8, 4) is 6.07 Å². The second-order valence-corrected chi connectivity index (χ2v) is 6.52. The number of benzene rings is 2. The van der Waals surface area contributed by atoms with Crippen molar-refractivity contribution in [2.75, 3.05) is 31.5 Å². The lowest BCUT2D eigenvalue weighted by Crippen LogP contribution is -3.13. The van der Waals surface area contributed by atoms with Gasteiger partial charge >= 0.3 is 0 Å². The molecule has 0 bridgehead atoms. The first-order valence-corrected chi connectivity index (χ1v) is 8.69. The molecule has 4 nitrogen and oxygen atoms in total. The monoisotopic (exact) mass is 355 g/mol. The van der Waals surface area contributed by atoms with Crippen molar-refractivity contribution in [3.63, 3.8) is 0 Å². The van der Waals surface area contributed by atoms with Gasteiger partial charge < -0.3 is 15.1 Å². The van der Waals surface area contributed by atoms with Gasteiger partial charge in [-0.2, -0.15) is 5.26 Å². The number of halogens is 1. The summed E-state index contributed by atoms with van der Waals surface area (Å²) in [6, 6.07) is 16.4. The molecule has 1 aliphatic rings. The van der Waals surface area contributed by atoms with Crippen LogP contribution in [0.3, 0.4) is 0 Å². The largest absolute Gasteiger partial charge is 0.338 e. The molecule has 0 aromatic heterocycles. The van der Waals surface area contributed by atoms with E-state index in [1.807, 2.05) is 24.3 Å². The molecule has 128 valence electrons. The number of quaternary nitrogens is 1. The van der Waals surface area contributed by atoms with Gasteiger partial charge in [-0.25, -0.2) is 4.39 Å². The molecule has 25 heavy (non-hydrogen) atoms. The molecule has 3 rings (SSSR count). The van der Waals surface area contributed by atoms with Gasteiger partial charge in [-0.05, 0) is 36.5 Å². The zero-order valence-corrected chi connectivity index (χ0v) is 14.7. The number of nitrogens with zero attached hydrogens (tertiary/aromatic N) is 2. The van der Waals surface area contributed by atoms with Crippen molar-refractivity contribution >= 4 is 23.0 Å². The molecule has 6 heteroatoms. The summed E-state index contributed by atoms with van der Waals surface area (Å²) in [6.07, 6.45) is 0. The highest BCUT2D eigenvalue weighted by Crippen LogP contribution is 2.13. The molecule has 0 atom stereocenters. The molecule has 2 aromatic carbocycles. The number of rotatable bonds is 3. The average molecular weight is 355 g/mol. The summed E-state index contributed by atoms with van der Waals surface area (Å²) in [5.74, 6) is -0.296. The van der Waals surface area contributed by atoms with Crippen LogP contribution in [0.5, 0.6) is 0 Å². The molecular formula is C19H20FN4S+. The van der Waals surface area contributed by atoms with Gasteiger partial charge in [-0.3, -0.25) is 0 Å². The molecule has 2 aromatic rings. The summed E-state index contributed by atoms with van der Waals surface area (Å²) in [4.78, 5) is 3.57. The third-order valence-corrected chi connectivity index (χ3v) is 4.77. The zero-order valence-electron chi connectivity index (χ0n) is 13.8. The molecule has 0 amide bonds. The van der Waals surface area contributed by atoms with Crippen molar-refractivity contribution in [3.05, 3.63) is 65.5 Å². The van der Waals surface area contributed by atoms with Gasteiger partial charge in [0.1, 0.15) is 12.4 Å². The summed E-state index contributed by atoms with van der Waals surface area (Å²) in [6.45, 7) is 4.56. The first-order chi connectivity index (χ1) is 12.2. The molecule has 0 saturated carbocycles. The number of para-hydroxylation sites is 1. The van der Waals surface area contributed by atoms with Crippen LogP contribution in [-0.4, -0.2) is 36.2 Å². The lowest BCUT2D eigenvalue weighted by molar-refractivity contribution is -0.917. The van der Waals surface area contributed by atoms with Gasteiger partial charge in [-0.1, -0.05) is 24.3 Å². The number of anilines is 1. The van der Waals surface area contributed by atoms with Gasteiger partial charge in [-0.15, -0.1) is 0 Å². The van der Waals surface area contributed by atoms with Crippen LogP contribution < -0.4 is 10.2 Å². The average Bonchev–Trinajstić information content (AvgIpc) is 2.65. The maximum atomic E-state index is 13.7. The topological polar surface area (TPSA) is 43.5 Å². The van der Waals surface area contributed by atoms with E-state index in [0.29, 0.717) is 16.4 Å². The molecular weight excluding hydrogens is 335 g/mol. The van der Waals surface area contributed by atoms with Crippen molar-refractivity contribution < 1.29 is 9.29 Å². The van der Waals surface area contributed by atoms with Gasteiger partial charge in [0.25, 0.3) is 0 Å². The summed E-state index contributed by atoms with van der Waals surface area (Å²) >= 11 is 5.42. The number of hydrogen-bond acceptors (Lipinski definition) is 2.